The van der Waals surface area contributed by atoms with Gasteiger partial charge in [-0.2, -0.15) is 4.31 Å². The summed E-state index contributed by atoms with van der Waals surface area (Å²) < 4.78 is 26.8. The van der Waals surface area contributed by atoms with E-state index in [9.17, 15) is 8.42 Å². The van der Waals surface area contributed by atoms with Crippen LogP contribution in [0.3, 0.4) is 0 Å². The predicted octanol–water partition coefficient (Wildman–Crippen LogP) is 3.44. The Hall–Kier alpha value is -1.17. The van der Waals surface area contributed by atoms with Crippen molar-refractivity contribution in [1.82, 2.24) is 4.31 Å². The molecule has 2 rings (SSSR count). The molecule has 0 spiro atoms. The summed E-state index contributed by atoms with van der Waals surface area (Å²) in [5.74, 6) is 0. The van der Waals surface area contributed by atoms with Crippen LogP contribution in [-0.4, -0.2) is 19.8 Å². The fraction of sp³-hybridized carbons (Fsp3) is 0.286. The normalized spacial score (nSPS) is 13.7. The van der Waals surface area contributed by atoms with Crippen molar-refractivity contribution in [2.24, 2.45) is 0 Å². The molecule has 0 radical (unpaired) electrons. The molecule has 0 aliphatic carbocycles. The van der Waals surface area contributed by atoms with Crippen LogP contribution in [0.5, 0.6) is 0 Å². The van der Waals surface area contributed by atoms with E-state index in [0.29, 0.717) is 4.21 Å². The van der Waals surface area contributed by atoms with Crippen molar-refractivity contribution in [3.05, 3.63) is 52.9 Å². The molecule has 0 aliphatic heterocycles. The molecule has 2 aromatic rings. The van der Waals surface area contributed by atoms with Gasteiger partial charge in [0.15, 0.2) is 0 Å². The second-order valence-corrected chi connectivity index (χ2v) is 7.99. The third kappa shape index (κ3) is 2.88. The number of benzene rings is 1. The second-order valence-electron chi connectivity index (χ2n) is 4.47. The smallest absolute Gasteiger partial charge is 0.206 e. The molecule has 0 N–H and O–H groups in total. The van der Waals surface area contributed by atoms with E-state index >= 15 is 0 Å². The third-order valence-corrected chi connectivity index (χ3v) is 6.57. The van der Waals surface area contributed by atoms with Gasteiger partial charge in [-0.1, -0.05) is 30.3 Å². The Morgan fingerprint density at radius 2 is 1.74 bits per heavy atom. The second kappa shape index (κ2) is 5.45. The van der Waals surface area contributed by atoms with Gasteiger partial charge >= 0.3 is 0 Å². The van der Waals surface area contributed by atoms with Gasteiger partial charge in [0, 0.05) is 18.0 Å². The SMILES string of the molecule is Cc1ccc(S(=O)(=O)N(C)C(C)c2ccccc2)s1. The summed E-state index contributed by atoms with van der Waals surface area (Å²) in [5.41, 5.74) is 0.988. The first-order valence-electron chi connectivity index (χ1n) is 6.02. The van der Waals surface area contributed by atoms with Gasteiger partial charge in [0.1, 0.15) is 4.21 Å². The predicted molar refractivity (Wildman–Crippen MR) is 78.9 cm³/mol. The lowest BCUT2D eigenvalue weighted by Gasteiger charge is -2.23. The molecular weight excluding hydrogens is 278 g/mol. The zero-order valence-corrected chi connectivity index (χ0v) is 12.8. The molecule has 0 aliphatic rings. The monoisotopic (exact) mass is 295 g/mol. The van der Waals surface area contributed by atoms with Crippen LogP contribution in [0.4, 0.5) is 0 Å². The first-order chi connectivity index (χ1) is 8.93. The summed E-state index contributed by atoms with van der Waals surface area (Å²) in [6.45, 7) is 3.80. The van der Waals surface area contributed by atoms with Gasteiger partial charge in [-0.15, -0.1) is 11.3 Å². The minimum atomic E-state index is -3.41. The quantitative estimate of drug-likeness (QED) is 0.866. The van der Waals surface area contributed by atoms with E-state index in [1.165, 1.54) is 15.6 Å². The van der Waals surface area contributed by atoms with Crippen LogP contribution < -0.4 is 0 Å². The summed E-state index contributed by atoms with van der Waals surface area (Å²) in [4.78, 5) is 0.999. The highest BCUT2D eigenvalue weighted by atomic mass is 32.2. The summed E-state index contributed by atoms with van der Waals surface area (Å²) in [7, 11) is -1.79. The number of sulfonamides is 1. The summed E-state index contributed by atoms with van der Waals surface area (Å²) >= 11 is 1.31. The van der Waals surface area contributed by atoms with Crippen LogP contribution in [0.15, 0.2) is 46.7 Å². The standard InChI is InChI=1S/C14H17NO2S2/c1-11-9-10-14(18-11)19(16,17)15(3)12(2)13-7-5-4-6-8-13/h4-10,12H,1-3H3. The van der Waals surface area contributed by atoms with Gasteiger partial charge in [-0.05, 0) is 31.5 Å². The number of aryl methyl sites for hydroxylation is 1. The van der Waals surface area contributed by atoms with Gasteiger partial charge in [-0.3, -0.25) is 0 Å². The Morgan fingerprint density at radius 3 is 2.26 bits per heavy atom. The van der Waals surface area contributed by atoms with Crippen molar-refractivity contribution in [2.45, 2.75) is 24.1 Å². The molecule has 102 valence electrons. The zero-order chi connectivity index (χ0) is 14.0. The van der Waals surface area contributed by atoms with Gasteiger partial charge in [-0.25, -0.2) is 8.42 Å². The zero-order valence-electron chi connectivity index (χ0n) is 11.2. The van der Waals surface area contributed by atoms with E-state index in [0.717, 1.165) is 10.4 Å². The van der Waals surface area contributed by atoms with Crippen LogP contribution in [0, 0.1) is 6.92 Å². The Kier molecular flexibility index (Phi) is 4.08. The fourth-order valence-electron chi connectivity index (χ4n) is 1.84. The van der Waals surface area contributed by atoms with E-state index < -0.39 is 10.0 Å². The van der Waals surface area contributed by atoms with Gasteiger partial charge in [0.05, 0.1) is 0 Å². The molecule has 0 saturated carbocycles. The Balaban J connectivity index is 2.31. The number of hydrogen-bond donors (Lipinski definition) is 0. The molecule has 1 heterocycles. The van der Waals surface area contributed by atoms with Crippen molar-refractivity contribution >= 4 is 21.4 Å². The molecule has 0 fully saturated rings. The van der Waals surface area contributed by atoms with Crippen molar-refractivity contribution in [1.29, 1.82) is 0 Å². The van der Waals surface area contributed by atoms with Gasteiger partial charge in [0.2, 0.25) is 0 Å². The van der Waals surface area contributed by atoms with Crippen LogP contribution in [0.25, 0.3) is 0 Å². The van der Waals surface area contributed by atoms with Crippen LogP contribution >= 0.6 is 11.3 Å². The van der Waals surface area contributed by atoms with Gasteiger partial charge < -0.3 is 0 Å². The average molecular weight is 295 g/mol. The first-order valence-corrected chi connectivity index (χ1v) is 8.28. The van der Waals surface area contributed by atoms with Crippen molar-refractivity contribution in [2.75, 3.05) is 7.05 Å². The summed E-state index contributed by atoms with van der Waals surface area (Å²) in [6, 6.07) is 13.0. The molecule has 5 heteroatoms. The van der Waals surface area contributed by atoms with E-state index in [2.05, 4.69) is 0 Å². The molecule has 3 nitrogen and oxygen atoms in total. The maximum Gasteiger partial charge on any atom is 0.252 e. The van der Waals surface area contributed by atoms with E-state index in [-0.39, 0.29) is 6.04 Å². The molecule has 19 heavy (non-hydrogen) atoms. The number of nitrogens with zero attached hydrogens (tertiary/aromatic N) is 1. The maximum absolute atomic E-state index is 12.5. The highest BCUT2D eigenvalue weighted by Gasteiger charge is 2.27. The molecule has 1 aromatic heterocycles. The topological polar surface area (TPSA) is 37.4 Å². The van der Waals surface area contributed by atoms with E-state index in [1.807, 2.05) is 50.2 Å². The fourth-order valence-corrected chi connectivity index (χ4v) is 4.66. The lowest BCUT2D eigenvalue weighted by molar-refractivity contribution is 0.399. The maximum atomic E-state index is 12.5. The van der Waals surface area contributed by atoms with E-state index in [4.69, 9.17) is 0 Å². The largest absolute Gasteiger partial charge is 0.252 e. The molecule has 1 atom stereocenters. The molecular formula is C14H17NO2S2. The number of thiophene rings is 1. The minimum absolute atomic E-state index is 0.186. The highest BCUT2D eigenvalue weighted by Crippen LogP contribution is 2.29. The third-order valence-electron chi connectivity index (χ3n) is 3.18. The Morgan fingerprint density at radius 1 is 1.11 bits per heavy atom. The Labute approximate surface area is 118 Å². The lowest BCUT2D eigenvalue weighted by Crippen LogP contribution is -2.29. The van der Waals surface area contributed by atoms with Crippen LogP contribution in [0.2, 0.25) is 0 Å². The first kappa shape index (κ1) is 14.2. The molecule has 1 aromatic carbocycles. The summed E-state index contributed by atoms with van der Waals surface area (Å²) in [6.07, 6.45) is 0. The van der Waals surface area contributed by atoms with Crippen molar-refractivity contribution in [3.63, 3.8) is 0 Å². The summed E-state index contributed by atoms with van der Waals surface area (Å²) in [5, 5.41) is 0. The number of rotatable bonds is 4. The number of hydrogen-bond acceptors (Lipinski definition) is 3. The van der Waals surface area contributed by atoms with Crippen molar-refractivity contribution in [3.8, 4) is 0 Å². The van der Waals surface area contributed by atoms with Crippen LogP contribution in [0.1, 0.15) is 23.4 Å². The molecule has 0 bridgehead atoms. The van der Waals surface area contributed by atoms with Crippen molar-refractivity contribution < 1.29 is 8.42 Å². The van der Waals surface area contributed by atoms with Crippen LogP contribution in [-0.2, 0) is 10.0 Å². The molecule has 0 amide bonds. The Bertz CT molecular complexity index is 647. The lowest BCUT2D eigenvalue weighted by atomic mass is 10.1. The molecule has 0 saturated heterocycles. The molecule has 1 unspecified atom stereocenters. The van der Waals surface area contributed by atoms with Gasteiger partial charge in [0.25, 0.3) is 10.0 Å². The minimum Gasteiger partial charge on any atom is -0.206 e. The highest BCUT2D eigenvalue weighted by molar-refractivity contribution is 7.91. The van der Waals surface area contributed by atoms with E-state index in [1.54, 1.807) is 13.1 Å². The average Bonchev–Trinajstić information content (AvgIpc) is 2.85.